The zero-order valence-corrected chi connectivity index (χ0v) is 5.75. The molecule has 58 valence electrons. The number of aliphatic imine (C=N–C) groups is 1. The van der Waals surface area contributed by atoms with Gasteiger partial charge in [0.25, 0.3) is 0 Å². The van der Waals surface area contributed by atoms with Crippen LogP contribution in [-0.2, 0) is 9.68 Å². The van der Waals surface area contributed by atoms with Crippen LogP contribution in [0.5, 0.6) is 0 Å². The molecule has 0 aromatic heterocycles. The molecule has 0 spiro atoms. The summed E-state index contributed by atoms with van der Waals surface area (Å²) < 4.78 is 0. The summed E-state index contributed by atoms with van der Waals surface area (Å²) in [6, 6.07) is 0. The lowest BCUT2D eigenvalue weighted by Gasteiger charge is -2.00. The van der Waals surface area contributed by atoms with E-state index in [0.717, 1.165) is 0 Å². The first-order valence-electron chi connectivity index (χ1n) is 2.47. The predicted octanol–water partition coefficient (Wildman–Crippen LogP) is -0.563. The van der Waals surface area contributed by atoms with E-state index in [9.17, 15) is 4.79 Å². The van der Waals surface area contributed by atoms with E-state index in [0.29, 0.717) is 0 Å². The summed E-state index contributed by atoms with van der Waals surface area (Å²) in [4.78, 5) is 22.3. The summed E-state index contributed by atoms with van der Waals surface area (Å²) in [7, 11) is 2.83. The largest absolute Gasteiger partial charge is 0.455 e. The summed E-state index contributed by atoms with van der Waals surface area (Å²) in [6.45, 7) is 0. The average molecular weight is 147 g/mol. The number of nitrogens with one attached hydrogen (secondary N) is 2. The standard InChI is InChI=1S/C4H9N3O3/c1-5-3-6-10-4(8)7-9-2/h3H,1-2H3,(H,5,6)(H,7,8). The topological polar surface area (TPSA) is 72.0 Å². The Morgan fingerprint density at radius 3 is 2.90 bits per heavy atom. The first kappa shape index (κ1) is 8.70. The Balaban J connectivity index is 3.21. The van der Waals surface area contributed by atoms with Crippen molar-refractivity contribution in [2.75, 3.05) is 14.2 Å². The van der Waals surface area contributed by atoms with Crippen LogP contribution in [-0.4, -0.2) is 26.6 Å². The molecule has 0 aliphatic rings. The molecule has 6 heteroatoms. The van der Waals surface area contributed by atoms with Crippen LogP contribution < -0.4 is 11.0 Å². The van der Waals surface area contributed by atoms with Gasteiger partial charge in [-0.05, 0) is 0 Å². The summed E-state index contributed by atoms with van der Waals surface area (Å²) in [5, 5.41) is 0. The zero-order chi connectivity index (χ0) is 7.82. The van der Waals surface area contributed by atoms with E-state index in [-0.39, 0.29) is 0 Å². The Bertz CT molecular complexity index is 125. The Morgan fingerprint density at radius 2 is 2.40 bits per heavy atom. The van der Waals surface area contributed by atoms with Crippen LogP contribution in [0.1, 0.15) is 0 Å². The van der Waals surface area contributed by atoms with Gasteiger partial charge >= 0.3 is 6.09 Å². The Kier molecular flexibility index (Phi) is 5.07. The molecule has 0 saturated carbocycles. The van der Waals surface area contributed by atoms with E-state index < -0.39 is 6.09 Å². The van der Waals surface area contributed by atoms with Crippen molar-refractivity contribution in [1.29, 1.82) is 0 Å². The minimum absolute atomic E-state index is 0.734. The van der Waals surface area contributed by atoms with Crippen LogP contribution in [0.4, 0.5) is 4.79 Å². The van der Waals surface area contributed by atoms with E-state index in [1.165, 1.54) is 20.5 Å². The van der Waals surface area contributed by atoms with Crippen molar-refractivity contribution in [2.45, 2.75) is 0 Å². The quantitative estimate of drug-likeness (QED) is 0.319. The van der Waals surface area contributed by atoms with Gasteiger partial charge in [-0.2, -0.15) is 5.48 Å². The number of hydroxylamine groups is 2. The second-order valence-corrected chi connectivity index (χ2v) is 1.20. The lowest BCUT2D eigenvalue weighted by atomic mass is 11.2. The summed E-state index contributed by atoms with van der Waals surface area (Å²) >= 11 is 0. The third-order valence-electron chi connectivity index (χ3n) is 0.519. The molecular formula is C4H9N3O3. The molecule has 0 aliphatic carbocycles. The van der Waals surface area contributed by atoms with Crippen molar-refractivity contribution < 1.29 is 14.5 Å². The molecule has 0 unspecified atom stereocenters. The highest BCUT2D eigenvalue weighted by Crippen LogP contribution is 1.67. The van der Waals surface area contributed by atoms with Crippen molar-refractivity contribution in [3.05, 3.63) is 0 Å². The van der Waals surface area contributed by atoms with Crippen molar-refractivity contribution >= 4 is 12.4 Å². The molecule has 0 aromatic carbocycles. The molecule has 6 nitrogen and oxygen atoms in total. The van der Waals surface area contributed by atoms with Gasteiger partial charge < -0.3 is 4.84 Å². The first-order valence-corrected chi connectivity index (χ1v) is 2.47. The molecule has 0 bridgehead atoms. The van der Waals surface area contributed by atoms with Gasteiger partial charge in [-0.1, -0.05) is 0 Å². The SMILES string of the molecule is CN=CNOC(=O)NOC. The molecule has 2 N–H and O–H groups in total. The van der Waals surface area contributed by atoms with Gasteiger partial charge in [-0.25, -0.2) is 10.3 Å². The molecule has 0 heterocycles. The normalized spacial score (nSPS) is 9.40. The molecular weight excluding hydrogens is 138 g/mol. The zero-order valence-electron chi connectivity index (χ0n) is 5.75. The molecule has 0 atom stereocenters. The van der Waals surface area contributed by atoms with Gasteiger partial charge in [0.2, 0.25) is 0 Å². The van der Waals surface area contributed by atoms with Crippen LogP contribution in [0.2, 0.25) is 0 Å². The Morgan fingerprint density at radius 1 is 1.70 bits per heavy atom. The molecule has 0 aromatic rings. The highest BCUT2D eigenvalue weighted by Gasteiger charge is 1.95. The smallest absolute Gasteiger partial charge is 0.322 e. The van der Waals surface area contributed by atoms with Gasteiger partial charge in [0.1, 0.15) is 6.34 Å². The highest BCUT2D eigenvalue weighted by atomic mass is 16.7. The maximum Gasteiger partial charge on any atom is 0.455 e. The van der Waals surface area contributed by atoms with Crippen molar-refractivity contribution in [1.82, 2.24) is 11.0 Å². The van der Waals surface area contributed by atoms with Crippen molar-refractivity contribution in [2.24, 2.45) is 4.99 Å². The number of hydrogen-bond acceptors (Lipinski definition) is 4. The molecule has 0 saturated heterocycles. The van der Waals surface area contributed by atoms with Gasteiger partial charge in [-0.3, -0.25) is 9.83 Å². The lowest BCUT2D eigenvalue weighted by molar-refractivity contribution is 0.0462. The number of amides is 1. The minimum atomic E-state index is -0.734. The number of carbonyl (C=O) groups is 1. The molecule has 10 heavy (non-hydrogen) atoms. The number of nitrogens with zero attached hydrogens (tertiary/aromatic N) is 1. The van der Waals surface area contributed by atoms with Crippen LogP contribution >= 0.6 is 0 Å². The van der Waals surface area contributed by atoms with Gasteiger partial charge in [0, 0.05) is 7.05 Å². The fourth-order valence-corrected chi connectivity index (χ4v) is 0.237. The van der Waals surface area contributed by atoms with Crippen LogP contribution in [0.25, 0.3) is 0 Å². The van der Waals surface area contributed by atoms with Crippen molar-refractivity contribution in [3.63, 3.8) is 0 Å². The second kappa shape index (κ2) is 5.83. The Labute approximate surface area is 58.1 Å². The molecule has 0 fully saturated rings. The molecule has 1 amide bonds. The fourth-order valence-electron chi connectivity index (χ4n) is 0.237. The maximum absolute atomic E-state index is 10.3. The summed E-state index contributed by atoms with van der Waals surface area (Å²) in [6.07, 6.45) is 0.484. The van der Waals surface area contributed by atoms with E-state index in [1.807, 2.05) is 5.48 Å². The van der Waals surface area contributed by atoms with Crippen LogP contribution in [0.3, 0.4) is 0 Å². The first-order chi connectivity index (χ1) is 4.81. The molecule has 0 radical (unpaired) electrons. The third kappa shape index (κ3) is 4.85. The van der Waals surface area contributed by atoms with Gasteiger partial charge in [0.15, 0.2) is 0 Å². The molecule has 0 aliphatic heterocycles. The highest BCUT2D eigenvalue weighted by molar-refractivity contribution is 5.67. The predicted molar refractivity (Wildman–Crippen MR) is 34.2 cm³/mol. The molecule has 0 rings (SSSR count). The number of carbonyl (C=O) groups excluding carboxylic acids is 1. The van der Waals surface area contributed by atoms with Crippen molar-refractivity contribution in [3.8, 4) is 0 Å². The van der Waals surface area contributed by atoms with Gasteiger partial charge in [0.05, 0.1) is 7.11 Å². The van der Waals surface area contributed by atoms with E-state index in [2.05, 4.69) is 20.1 Å². The van der Waals surface area contributed by atoms with E-state index >= 15 is 0 Å². The Hall–Kier alpha value is -1.30. The maximum atomic E-state index is 10.3. The number of rotatable bonds is 3. The van der Waals surface area contributed by atoms with Crippen LogP contribution in [0, 0.1) is 0 Å². The monoisotopic (exact) mass is 147 g/mol. The second-order valence-electron chi connectivity index (χ2n) is 1.20. The van der Waals surface area contributed by atoms with Crippen LogP contribution in [0.15, 0.2) is 4.99 Å². The average Bonchev–Trinajstić information content (AvgIpc) is 1.89. The van der Waals surface area contributed by atoms with E-state index in [4.69, 9.17) is 0 Å². The fraction of sp³-hybridized carbons (Fsp3) is 0.500. The lowest BCUT2D eigenvalue weighted by Crippen LogP contribution is -2.28. The van der Waals surface area contributed by atoms with E-state index in [1.54, 1.807) is 0 Å². The summed E-state index contributed by atoms with van der Waals surface area (Å²) in [5.41, 5.74) is 4.06. The number of hydrogen-bond donors (Lipinski definition) is 2. The van der Waals surface area contributed by atoms with Gasteiger partial charge in [-0.15, -0.1) is 0 Å². The third-order valence-corrected chi connectivity index (χ3v) is 0.519. The minimum Gasteiger partial charge on any atom is -0.322 e. The summed E-state index contributed by atoms with van der Waals surface area (Å²) in [5.74, 6) is 0.